The van der Waals surface area contributed by atoms with Crippen molar-refractivity contribution >= 4 is 34.3 Å². The molecule has 0 atom stereocenters. The zero-order valence-corrected chi connectivity index (χ0v) is 24.1. The first-order valence-corrected chi connectivity index (χ1v) is 12.5. The van der Waals surface area contributed by atoms with Crippen LogP contribution in [0.2, 0.25) is 0 Å². The third-order valence-corrected chi connectivity index (χ3v) is 5.36. The number of rotatable bonds is 3. The zero-order chi connectivity index (χ0) is 29.1. The molecule has 0 radical (unpaired) electrons. The average Bonchev–Trinajstić information content (AvgIpc) is 2.76. The molecule has 0 aliphatic rings. The van der Waals surface area contributed by atoms with E-state index < -0.39 is 12.0 Å². The van der Waals surface area contributed by atoms with Crippen LogP contribution in [0, 0.1) is 0 Å². The van der Waals surface area contributed by atoms with E-state index in [2.05, 4.69) is 51.8 Å². The van der Waals surface area contributed by atoms with Crippen molar-refractivity contribution < 1.29 is 19.4 Å². The summed E-state index contributed by atoms with van der Waals surface area (Å²) in [5, 5.41) is 12.5. The van der Waals surface area contributed by atoms with Crippen molar-refractivity contribution in [2.75, 3.05) is 17.3 Å². The molecule has 0 spiro atoms. The number of nitrogens with zero attached hydrogens (tertiary/aromatic N) is 1. The van der Waals surface area contributed by atoms with E-state index in [9.17, 15) is 19.5 Å². The van der Waals surface area contributed by atoms with Gasteiger partial charge in [0.15, 0.2) is 0 Å². The van der Waals surface area contributed by atoms with E-state index >= 15 is 0 Å². The summed E-state index contributed by atoms with van der Waals surface area (Å²) in [6, 6.07) is 12.0. The number of benzene rings is 2. The molecule has 0 saturated heterocycles. The number of carboxylic acid groups (broad SMARTS) is 1. The molecule has 3 aromatic rings. The van der Waals surface area contributed by atoms with Gasteiger partial charge in [0.1, 0.15) is 5.56 Å². The van der Waals surface area contributed by atoms with Crippen LogP contribution in [-0.2, 0) is 10.2 Å². The highest BCUT2D eigenvalue weighted by atomic mass is 16.5. The molecule has 0 bridgehead atoms. The number of anilines is 2. The van der Waals surface area contributed by atoms with Crippen LogP contribution in [-0.4, -0.2) is 40.3 Å². The second kappa shape index (κ2) is 11.4. The van der Waals surface area contributed by atoms with E-state index in [4.69, 9.17) is 4.74 Å². The molecule has 8 nitrogen and oxygen atoms in total. The minimum Gasteiger partial charge on any atom is -0.465 e. The molecule has 3 N–H and O–H groups in total. The number of carbonyl (C=O) groups excluding carboxylic acids is 1. The molecule has 0 aliphatic carbocycles. The van der Waals surface area contributed by atoms with Crippen LogP contribution in [0.3, 0.4) is 0 Å². The number of para-hydroxylation sites is 1. The predicted octanol–water partition coefficient (Wildman–Crippen LogP) is 6.79. The number of hydrogen-bond donors (Lipinski definition) is 3. The molecule has 1 heterocycles. The number of aromatic amines is 1. The van der Waals surface area contributed by atoms with Crippen molar-refractivity contribution in [2.24, 2.45) is 0 Å². The molecule has 0 saturated carbocycles. The van der Waals surface area contributed by atoms with Crippen LogP contribution in [0.5, 0.6) is 0 Å². The first kappa shape index (κ1) is 30.6. The van der Waals surface area contributed by atoms with Crippen LogP contribution < -0.4 is 15.6 Å². The quantitative estimate of drug-likeness (QED) is 0.350. The molecule has 8 heteroatoms. The van der Waals surface area contributed by atoms with Gasteiger partial charge in [-0.05, 0) is 76.8 Å². The van der Waals surface area contributed by atoms with Crippen molar-refractivity contribution in [3.05, 3.63) is 70.0 Å². The van der Waals surface area contributed by atoms with Crippen molar-refractivity contribution in [1.82, 2.24) is 4.98 Å². The summed E-state index contributed by atoms with van der Waals surface area (Å²) in [5.74, 6) is -0.565. The third-order valence-electron chi connectivity index (χ3n) is 5.36. The van der Waals surface area contributed by atoms with Crippen LogP contribution in [0.4, 0.5) is 16.2 Å². The molecule has 0 unspecified atom stereocenters. The summed E-state index contributed by atoms with van der Waals surface area (Å²) in [4.78, 5) is 40.9. The molecule has 206 valence electrons. The van der Waals surface area contributed by atoms with E-state index in [1.165, 1.54) is 13.2 Å². The number of aromatic nitrogens is 1. The fourth-order valence-corrected chi connectivity index (χ4v) is 4.08. The Morgan fingerprint density at radius 2 is 1.50 bits per heavy atom. The third kappa shape index (κ3) is 8.45. The lowest BCUT2D eigenvalue weighted by Crippen LogP contribution is -2.31. The SMILES string of the molecule is CC(C)(C)OC(C)(C)C.CN(C(=O)O)c1cc(NC(=O)c2c[nH]c3ccccc3c2=O)ccc1C(C)(C)C. The van der Waals surface area contributed by atoms with Crippen LogP contribution in [0.25, 0.3) is 10.9 Å². The fourth-order valence-electron chi connectivity index (χ4n) is 4.08. The van der Waals surface area contributed by atoms with E-state index in [1.807, 2.05) is 20.8 Å². The van der Waals surface area contributed by atoms with Gasteiger partial charge in [-0.1, -0.05) is 39.0 Å². The number of nitrogens with one attached hydrogen (secondary N) is 2. The molecular weight excluding hydrogens is 482 g/mol. The minimum atomic E-state index is -1.11. The van der Waals surface area contributed by atoms with Gasteiger partial charge in [-0.3, -0.25) is 14.5 Å². The normalized spacial score (nSPS) is 11.9. The Labute approximate surface area is 225 Å². The van der Waals surface area contributed by atoms with Gasteiger partial charge < -0.3 is 20.1 Å². The second-order valence-electron chi connectivity index (χ2n) is 12.2. The Morgan fingerprint density at radius 1 is 0.921 bits per heavy atom. The Kier molecular flexibility index (Phi) is 9.17. The zero-order valence-electron chi connectivity index (χ0n) is 24.1. The summed E-state index contributed by atoms with van der Waals surface area (Å²) in [5.41, 5.74) is 1.63. The maximum Gasteiger partial charge on any atom is 0.411 e. The van der Waals surface area contributed by atoms with Crippen molar-refractivity contribution in [3.63, 3.8) is 0 Å². The maximum absolute atomic E-state index is 12.7. The van der Waals surface area contributed by atoms with E-state index in [0.717, 1.165) is 10.5 Å². The number of H-pyrrole nitrogens is 1. The first-order valence-electron chi connectivity index (χ1n) is 12.5. The highest BCUT2D eigenvalue weighted by molar-refractivity contribution is 6.06. The second-order valence-corrected chi connectivity index (χ2v) is 12.2. The number of fused-ring (bicyclic) bond motifs is 1. The largest absolute Gasteiger partial charge is 0.465 e. The van der Waals surface area contributed by atoms with Gasteiger partial charge in [-0.2, -0.15) is 0 Å². The van der Waals surface area contributed by atoms with Gasteiger partial charge in [-0.15, -0.1) is 0 Å². The number of hydrogen-bond acceptors (Lipinski definition) is 4. The van der Waals surface area contributed by atoms with Crippen LogP contribution >= 0.6 is 0 Å². The monoisotopic (exact) mass is 523 g/mol. The lowest BCUT2D eigenvalue weighted by atomic mass is 9.85. The lowest BCUT2D eigenvalue weighted by molar-refractivity contribution is -0.102. The Bertz CT molecular complexity index is 1340. The summed E-state index contributed by atoms with van der Waals surface area (Å²) < 4.78 is 5.62. The van der Waals surface area contributed by atoms with Gasteiger partial charge in [0.05, 0.1) is 16.9 Å². The Morgan fingerprint density at radius 3 is 2.00 bits per heavy atom. The molecule has 3 rings (SSSR count). The van der Waals surface area contributed by atoms with E-state index in [-0.39, 0.29) is 27.6 Å². The smallest absolute Gasteiger partial charge is 0.411 e. The Balaban J connectivity index is 0.000000484. The van der Waals surface area contributed by atoms with Gasteiger partial charge in [0, 0.05) is 29.8 Å². The average molecular weight is 524 g/mol. The highest BCUT2D eigenvalue weighted by Crippen LogP contribution is 2.34. The summed E-state index contributed by atoms with van der Waals surface area (Å²) in [7, 11) is 1.45. The van der Waals surface area contributed by atoms with E-state index in [1.54, 1.807) is 42.5 Å². The topological polar surface area (TPSA) is 112 Å². The molecular formula is C30H41N3O5. The van der Waals surface area contributed by atoms with Crippen LogP contribution in [0.1, 0.15) is 78.2 Å². The van der Waals surface area contributed by atoms with Gasteiger partial charge in [0.25, 0.3) is 5.91 Å². The summed E-state index contributed by atoms with van der Waals surface area (Å²) in [6.07, 6.45) is 0.276. The maximum atomic E-state index is 12.7. The molecule has 0 aliphatic heterocycles. The molecule has 0 fully saturated rings. The lowest BCUT2D eigenvalue weighted by Gasteiger charge is -2.30. The molecule has 38 heavy (non-hydrogen) atoms. The summed E-state index contributed by atoms with van der Waals surface area (Å²) >= 11 is 0. The summed E-state index contributed by atoms with van der Waals surface area (Å²) in [6.45, 7) is 18.3. The predicted molar refractivity (Wildman–Crippen MR) is 155 cm³/mol. The van der Waals surface area contributed by atoms with Crippen molar-refractivity contribution in [2.45, 2.75) is 78.9 Å². The van der Waals surface area contributed by atoms with Gasteiger partial charge in [-0.25, -0.2) is 4.79 Å². The minimum absolute atomic E-state index is 0.0156. The van der Waals surface area contributed by atoms with Gasteiger partial charge in [0.2, 0.25) is 5.43 Å². The highest BCUT2D eigenvalue weighted by Gasteiger charge is 2.24. The number of carbonyl (C=O) groups is 2. The Hall–Kier alpha value is -3.65. The molecule has 2 amide bonds. The van der Waals surface area contributed by atoms with Crippen molar-refractivity contribution in [3.8, 4) is 0 Å². The first-order chi connectivity index (χ1) is 17.3. The number of ether oxygens (including phenoxy) is 1. The van der Waals surface area contributed by atoms with Gasteiger partial charge >= 0.3 is 6.09 Å². The van der Waals surface area contributed by atoms with Crippen molar-refractivity contribution in [1.29, 1.82) is 0 Å². The van der Waals surface area contributed by atoms with E-state index in [0.29, 0.717) is 22.3 Å². The number of pyridine rings is 1. The molecule has 2 aromatic carbocycles. The number of amides is 2. The standard InChI is InChI=1S/C22H23N3O4.C8H18O/c1-22(2,3)16-10-9-13(11-18(16)25(4)21(28)29)24-20(27)15-12-23-17-8-6-5-7-14(17)19(15)26;1-7(2,3)9-8(4,5)6/h5-12H,1-4H3,(H,23,26)(H,24,27)(H,28,29);1-6H3. The van der Waals surface area contributed by atoms with Crippen LogP contribution in [0.15, 0.2) is 53.5 Å². The molecule has 1 aromatic heterocycles. The fraction of sp³-hybridized carbons (Fsp3) is 0.433.